The maximum absolute atomic E-state index is 12.7. The quantitative estimate of drug-likeness (QED) is 0.360. The molecule has 5 rings (SSSR count). The highest BCUT2D eigenvalue weighted by Crippen LogP contribution is 2.36. The van der Waals surface area contributed by atoms with Crippen LogP contribution in [-0.4, -0.2) is 22.2 Å². The highest BCUT2D eigenvalue weighted by Gasteiger charge is 2.21. The number of carbonyl (C=O) groups is 1. The van der Waals surface area contributed by atoms with Crippen LogP contribution < -0.4 is 11.0 Å². The fourth-order valence-corrected chi connectivity index (χ4v) is 4.11. The van der Waals surface area contributed by atoms with E-state index in [2.05, 4.69) is 15.5 Å². The van der Waals surface area contributed by atoms with E-state index in [1.54, 1.807) is 36.4 Å². The minimum atomic E-state index is -0.505. The topological polar surface area (TPSA) is 108 Å². The van der Waals surface area contributed by atoms with Crippen molar-refractivity contribution in [2.45, 2.75) is 25.7 Å². The van der Waals surface area contributed by atoms with E-state index in [0.29, 0.717) is 22.0 Å². The van der Waals surface area contributed by atoms with Gasteiger partial charge in [0.1, 0.15) is 17.1 Å². The van der Waals surface area contributed by atoms with Gasteiger partial charge in [0.25, 0.3) is 5.91 Å². The molecule has 0 saturated heterocycles. The van der Waals surface area contributed by atoms with Crippen molar-refractivity contribution >= 4 is 34.0 Å². The Morgan fingerprint density at radius 1 is 1.17 bits per heavy atom. The number of para-hydroxylation sites is 1. The lowest BCUT2D eigenvalue weighted by molar-refractivity contribution is 0.0956. The molecular weight excluding hydrogens is 382 g/mol. The summed E-state index contributed by atoms with van der Waals surface area (Å²) in [5, 5.41) is 15.9. The summed E-state index contributed by atoms with van der Waals surface area (Å²) in [5.74, 6) is 0.515. The molecule has 7 heteroatoms. The highest BCUT2D eigenvalue weighted by atomic mass is 16.3. The Balaban J connectivity index is 1.49. The van der Waals surface area contributed by atoms with Crippen LogP contribution in [0.4, 0.5) is 0 Å². The Kier molecular flexibility index (Phi) is 4.35. The maximum atomic E-state index is 12.7. The van der Waals surface area contributed by atoms with Crippen LogP contribution in [-0.2, 0) is 12.8 Å². The number of aryl methyl sites for hydroxylation is 2. The van der Waals surface area contributed by atoms with E-state index in [0.717, 1.165) is 42.4 Å². The number of rotatable bonds is 3. The number of fused-ring (bicyclic) bond motifs is 4. The van der Waals surface area contributed by atoms with Gasteiger partial charge in [-0.05, 0) is 37.5 Å². The molecule has 0 spiro atoms. The van der Waals surface area contributed by atoms with E-state index in [1.807, 2.05) is 0 Å². The third kappa shape index (κ3) is 3.04. The third-order valence-corrected chi connectivity index (χ3v) is 5.49. The molecule has 0 saturated carbocycles. The number of benzene rings is 2. The predicted molar refractivity (Wildman–Crippen MR) is 114 cm³/mol. The summed E-state index contributed by atoms with van der Waals surface area (Å²) in [5.41, 5.74) is 5.22. The smallest absolute Gasteiger partial charge is 0.272 e. The average Bonchev–Trinajstić information content (AvgIpc) is 3.13. The van der Waals surface area contributed by atoms with Crippen LogP contribution in [0.25, 0.3) is 21.9 Å². The zero-order chi connectivity index (χ0) is 20.7. The SMILES string of the molecule is O=C(N/N=C\c1c(O)ccc2oc3c(c12)CCCC3)c1cc(=O)[nH]c2ccccc12. The van der Waals surface area contributed by atoms with E-state index in [1.165, 1.54) is 12.3 Å². The van der Waals surface area contributed by atoms with Gasteiger partial charge in [-0.15, -0.1) is 0 Å². The lowest BCUT2D eigenvalue weighted by Gasteiger charge is -2.10. The van der Waals surface area contributed by atoms with Gasteiger partial charge in [0.05, 0.1) is 11.8 Å². The normalized spacial score (nSPS) is 13.7. The molecule has 1 aliphatic carbocycles. The van der Waals surface area contributed by atoms with Crippen molar-refractivity contribution in [2.75, 3.05) is 0 Å². The van der Waals surface area contributed by atoms with E-state index in [-0.39, 0.29) is 16.9 Å². The van der Waals surface area contributed by atoms with Gasteiger partial charge in [-0.3, -0.25) is 9.59 Å². The molecule has 0 atom stereocenters. The fraction of sp³-hybridized carbons (Fsp3) is 0.174. The molecule has 30 heavy (non-hydrogen) atoms. The molecule has 3 N–H and O–H groups in total. The van der Waals surface area contributed by atoms with Gasteiger partial charge in [-0.25, -0.2) is 5.43 Å². The first-order valence-electron chi connectivity index (χ1n) is 9.83. The Morgan fingerprint density at radius 2 is 2.00 bits per heavy atom. The molecule has 2 aromatic carbocycles. The number of nitrogens with one attached hydrogen (secondary N) is 2. The molecule has 1 amide bonds. The van der Waals surface area contributed by atoms with Crippen LogP contribution >= 0.6 is 0 Å². The standard InChI is InChI=1S/C23H19N3O4/c27-18-9-10-20-22(14-6-2-4-8-19(14)30-20)16(18)12-24-26-23(29)15-11-21(28)25-17-7-3-1-5-13(15)17/h1,3,5,7,9-12,27H,2,4,6,8H2,(H,25,28)(H,26,29)/b24-12-. The molecule has 2 heterocycles. The number of aromatic nitrogens is 1. The van der Waals surface area contributed by atoms with Gasteiger partial charge < -0.3 is 14.5 Å². The predicted octanol–water partition coefficient (Wildman–Crippen LogP) is 3.62. The van der Waals surface area contributed by atoms with Crippen molar-refractivity contribution in [3.8, 4) is 5.75 Å². The molecule has 150 valence electrons. The molecule has 2 aromatic heterocycles. The summed E-state index contributed by atoms with van der Waals surface area (Å²) in [4.78, 5) is 27.3. The lowest BCUT2D eigenvalue weighted by Crippen LogP contribution is -2.20. The number of aromatic amines is 1. The first-order chi connectivity index (χ1) is 14.6. The second kappa shape index (κ2) is 7.18. The Hall–Kier alpha value is -3.87. The summed E-state index contributed by atoms with van der Waals surface area (Å²) in [6, 6.07) is 11.6. The molecule has 1 aliphatic rings. The number of hydrazone groups is 1. The molecule has 0 unspecified atom stereocenters. The number of phenolic OH excluding ortho intramolecular Hbond substituents is 1. The maximum Gasteiger partial charge on any atom is 0.272 e. The number of carbonyl (C=O) groups excluding carboxylic acids is 1. The minimum Gasteiger partial charge on any atom is -0.507 e. The molecular formula is C23H19N3O4. The molecule has 0 radical (unpaired) electrons. The van der Waals surface area contributed by atoms with Crippen LogP contribution in [0, 0.1) is 0 Å². The average molecular weight is 401 g/mol. The van der Waals surface area contributed by atoms with Crippen LogP contribution in [0.5, 0.6) is 5.75 Å². The molecule has 0 bridgehead atoms. The van der Waals surface area contributed by atoms with Crippen molar-refractivity contribution in [1.82, 2.24) is 10.4 Å². The molecule has 4 aromatic rings. The second-order valence-corrected chi connectivity index (χ2v) is 7.37. The second-order valence-electron chi connectivity index (χ2n) is 7.37. The molecule has 0 aliphatic heterocycles. The van der Waals surface area contributed by atoms with E-state index < -0.39 is 5.91 Å². The number of phenols is 1. The van der Waals surface area contributed by atoms with Crippen LogP contribution in [0.3, 0.4) is 0 Å². The van der Waals surface area contributed by atoms with Crippen LogP contribution in [0.1, 0.15) is 40.1 Å². The Labute approximate surface area is 171 Å². The largest absolute Gasteiger partial charge is 0.507 e. The van der Waals surface area contributed by atoms with Crippen LogP contribution in [0.2, 0.25) is 0 Å². The lowest BCUT2D eigenvalue weighted by atomic mass is 9.94. The monoisotopic (exact) mass is 401 g/mol. The van der Waals surface area contributed by atoms with Gasteiger partial charge >= 0.3 is 0 Å². The van der Waals surface area contributed by atoms with Crippen molar-refractivity contribution in [2.24, 2.45) is 5.10 Å². The number of nitrogens with zero attached hydrogens (tertiary/aromatic N) is 1. The summed E-state index contributed by atoms with van der Waals surface area (Å²) in [6.45, 7) is 0. The number of H-pyrrole nitrogens is 1. The summed E-state index contributed by atoms with van der Waals surface area (Å²) in [6.07, 6.45) is 5.35. The van der Waals surface area contributed by atoms with Crippen molar-refractivity contribution < 1.29 is 14.3 Å². The molecule has 0 fully saturated rings. The highest BCUT2D eigenvalue weighted by molar-refractivity contribution is 6.07. The number of amides is 1. The van der Waals surface area contributed by atoms with E-state index in [4.69, 9.17) is 4.42 Å². The zero-order valence-corrected chi connectivity index (χ0v) is 16.1. The first kappa shape index (κ1) is 18.2. The van der Waals surface area contributed by atoms with Gasteiger partial charge in [-0.1, -0.05) is 18.2 Å². The fourth-order valence-electron chi connectivity index (χ4n) is 4.11. The number of pyridine rings is 1. The van der Waals surface area contributed by atoms with E-state index in [9.17, 15) is 14.7 Å². The number of furan rings is 1. The third-order valence-electron chi connectivity index (χ3n) is 5.49. The zero-order valence-electron chi connectivity index (χ0n) is 16.1. The van der Waals surface area contributed by atoms with Crippen LogP contribution in [0.15, 0.2) is 56.8 Å². The summed E-state index contributed by atoms with van der Waals surface area (Å²) < 4.78 is 5.95. The van der Waals surface area contributed by atoms with Gasteiger partial charge in [0.2, 0.25) is 5.56 Å². The Bertz CT molecular complexity index is 1380. The summed E-state index contributed by atoms with van der Waals surface area (Å²) >= 11 is 0. The van der Waals surface area contributed by atoms with Gasteiger partial charge in [0.15, 0.2) is 0 Å². The number of hydrogen-bond acceptors (Lipinski definition) is 5. The number of hydrogen-bond donors (Lipinski definition) is 3. The minimum absolute atomic E-state index is 0.0660. The van der Waals surface area contributed by atoms with Gasteiger partial charge in [0, 0.05) is 39.9 Å². The van der Waals surface area contributed by atoms with E-state index >= 15 is 0 Å². The first-order valence-corrected chi connectivity index (χ1v) is 9.83. The van der Waals surface area contributed by atoms with Crippen molar-refractivity contribution in [1.29, 1.82) is 0 Å². The number of aromatic hydroxyl groups is 1. The Morgan fingerprint density at radius 3 is 2.90 bits per heavy atom. The summed E-state index contributed by atoms with van der Waals surface area (Å²) in [7, 11) is 0. The molecule has 7 nitrogen and oxygen atoms in total. The van der Waals surface area contributed by atoms with Gasteiger partial charge in [-0.2, -0.15) is 5.10 Å². The van der Waals surface area contributed by atoms with Crippen molar-refractivity contribution in [3.05, 3.63) is 75.3 Å². The van der Waals surface area contributed by atoms with Crippen molar-refractivity contribution in [3.63, 3.8) is 0 Å².